The first-order valence-corrected chi connectivity index (χ1v) is 17.3. The van der Waals surface area contributed by atoms with Crippen LogP contribution in [-0.4, -0.2) is 19.5 Å². The third kappa shape index (κ3) is 3.67. The van der Waals surface area contributed by atoms with Crippen molar-refractivity contribution in [1.29, 1.82) is 0 Å². The minimum absolute atomic E-state index is 0.644. The van der Waals surface area contributed by atoms with Gasteiger partial charge < -0.3 is 4.74 Å². The van der Waals surface area contributed by atoms with E-state index in [2.05, 4.69) is 126 Å². The first-order valence-electron chi connectivity index (χ1n) is 17.3. The lowest BCUT2D eigenvalue weighted by molar-refractivity contribution is 0.487. The monoisotopic (exact) mass is 650 g/mol. The standard InChI is InChI=1S/C46H26N4O/c1-3-11-30-26(9-1)18-19-27-20-21-29(23-34(27)30)44-42-31-12-4-2-10-28(31)24-36(42)48-46(49-44)50-37-15-8-22-47-45(37)43-33-14-7-17-40-41(33)35(25-38(43)50)32-13-5-6-16-39(32)51-40/h1-23,25H,24H2. The topological polar surface area (TPSA) is 52.8 Å². The number of nitrogens with zero attached hydrogens (tertiary/aromatic N) is 4. The van der Waals surface area contributed by atoms with Gasteiger partial charge in [0.15, 0.2) is 0 Å². The zero-order valence-corrected chi connectivity index (χ0v) is 27.3. The van der Waals surface area contributed by atoms with E-state index >= 15 is 0 Å². The Labute approximate surface area is 292 Å². The molecule has 0 saturated carbocycles. The summed E-state index contributed by atoms with van der Waals surface area (Å²) in [5, 5.41) is 8.16. The summed E-state index contributed by atoms with van der Waals surface area (Å²) in [7, 11) is 0. The van der Waals surface area contributed by atoms with E-state index in [1.165, 1.54) is 32.7 Å². The summed E-state index contributed by atoms with van der Waals surface area (Å²) < 4.78 is 8.68. The summed E-state index contributed by atoms with van der Waals surface area (Å²) in [6, 6.07) is 49.5. The molecule has 2 aliphatic rings. The van der Waals surface area contributed by atoms with Crippen molar-refractivity contribution in [1.82, 2.24) is 19.5 Å². The van der Waals surface area contributed by atoms with Crippen LogP contribution in [0, 0.1) is 0 Å². The van der Waals surface area contributed by atoms with Crippen LogP contribution in [-0.2, 0) is 6.42 Å². The van der Waals surface area contributed by atoms with Crippen LogP contribution in [0.1, 0.15) is 11.3 Å². The number of aromatic nitrogens is 4. The lowest BCUT2D eigenvalue weighted by Gasteiger charge is -2.22. The SMILES string of the molecule is c1ccc2c(c1)Cc1nc(-n3c4cccnc4c4c5cccc6c5c(cc43)-c3ccccc3O6)nc(-c3ccc4ccc5ccccc5c4c3)c1-2. The third-order valence-corrected chi connectivity index (χ3v) is 10.8. The van der Waals surface area contributed by atoms with E-state index in [0.29, 0.717) is 5.95 Å². The molecule has 5 nitrogen and oxygen atoms in total. The van der Waals surface area contributed by atoms with Crippen molar-refractivity contribution in [3.63, 3.8) is 0 Å². The summed E-state index contributed by atoms with van der Waals surface area (Å²) in [5.41, 5.74) is 11.8. The molecular weight excluding hydrogens is 625 g/mol. The number of para-hydroxylation sites is 1. The average Bonchev–Trinajstić information content (AvgIpc) is 3.73. The smallest absolute Gasteiger partial charge is 0.235 e. The van der Waals surface area contributed by atoms with Gasteiger partial charge in [0.25, 0.3) is 0 Å². The van der Waals surface area contributed by atoms with Gasteiger partial charge in [-0.05, 0) is 80.0 Å². The van der Waals surface area contributed by atoms with Crippen molar-refractivity contribution >= 4 is 54.3 Å². The molecule has 7 aromatic carbocycles. The van der Waals surface area contributed by atoms with Crippen LogP contribution in [0.4, 0.5) is 0 Å². The molecular formula is C46H26N4O. The summed E-state index contributed by atoms with van der Waals surface area (Å²) >= 11 is 0. The van der Waals surface area contributed by atoms with Crippen molar-refractivity contribution in [2.45, 2.75) is 6.42 Å². The Morgan fingerprint density at radius 2 is 1.33 bits per heavy atom. The molecule has 4 heterocycles. The number of ether oxygens (including phenoxy) is 1. The molecule has 0 fully saturated rings. The second-order valence-corrected chi connectivity index (χ2v) is 13.6. The molecule has 3 aromatic heterocycles. The van der Waals surface area contributed by atoms with Gasteiger partial charge in [-0.3, -0.25) is 9.55 Å². The van der Waals surface area contributed by atoms with Crippen LogP contribution in [0.5, 0.6) is 11.5 Å². The minimum atomic E-state index is 0.644. The Kier molecular flexibility index (Phi) is 5.23. The molecule has 0 atom stereocenters. The first-order chi connectivity index (χ1) is 25.3. The van der Waals surface area contributed by atoms with Crippen LogP contribution >= 0.6 is 0 Å². The van der Waals surface area contributed by atoms with Crippen LogP contribution in [0.15, 0.2) is 146 Å². The summed E-state index contributed by atoms with van der Waals surface area (Å²) in [6.07, 6.45) is 2.63. The molecule has 0 bridgehead atoms. The second kappa shape index (κ2) is 9.87. The maximum atomic E-state index is 6.45. The Bertz CT molecular complexity index is 3160. The number of fused-ring (bicyclic) bond motifs is 12. The minimum Gasteiger partial charge on any atom is -0.456 e. The van der Waals surface area contributed by atoms with Crippen LogP contribution < -0.4 is 4.74 Å². The van der Waals surface area contributed by atoms with E-state index in [1.807, 2.05) is 24.4 Å². The number of pyridine rings is 1. The summed E-state index contributed by atoms with van der Waals surface area (Å²) in [6.45, 7) is 0. The van der Waals surface area contributed by atoms with E-state index in [-0.39, 0.29) is 0 Å². The largest absolute Gasteiger partial charge is 0.456 e. The molecule has 0 saturated heterocycles. The molecule has 5 heteroatoms. The van der Waals surface area contributed by atoms with Gasteiger partial charge in [-0.2, -0.15) is 0 Å². The Morgan fingerprint density at radius 1 is 0.549 bits per heavy atom. The first kappa shape index (κ1) is 27.0. The molecule has 10 aromatic rings. The van der Waals surface area contributed by atoms with Gasteiger partial charge in [-0.25, -0.2) is 9.97 Å². The van der Waals surface area contributed by atoms with Gasteiger partial charge in [0.2, 0.25) is 5.95 Å². The number of hydrogen-bond acceptors (Lipinski definition) is 4. The van der Waals surface area contributed by atoms with Crippen LogP contribution in [0.25, 0.3) is 93.7 Å². The maximum absolute atomic E-state index is 6.45. The highest BCUT2D eigenvalue weighted by molar-refractivity contribution is 6.25. The summed E-state index contributed by atoms with van der Waals surface area (Å²) in [4.78, 5) is 16.0. The van der Waals surface area contributed by atoms with Crippen molar-refractivity contribution < 1.29 is 4.74 Å². The Hall–Kier alpha value is -6.85. The van der Waals surface area contributed by atoms with Crippen molar-refractivity contribution in [3.05, 3.63) is 157 Å². The molecule has 0 N–H and O–H groups in total. The zero-order valence-electron chi connectivity index (χ0n) is 27.3. The van der Waals surface area contributed by atoms with Gasteiger partial charge in [0, 0.05) is 40.1 Å². The van der Waals surface area contributed by atoms with E-state index < -0.39 is 0 Å². The second-order valence-electron chi connectivity index (χ2n) is 13.6. The number of benzene rings is 7. The number of hydrogen-bond donors (Lipinski definition) is 0. The van der Waals surface area contributed by atoms with Crippen LogP contribution in [0.2, 0.25) is 0 Å². The fourth-order valence-corrected chi connectivity index (χ4v) is 8.63. The fourth-order valence-electron chi connectivity index (χ4n) is 8.63. The van der Waals surface area contributed by atoms with Gasteiger partial charge in [-0.1, -0.05) is 103 Å². The molecule has 236 valence electrons. The molecule has 0 radical (unpaired) electrons. The molecule has 1 aliphatic heterocycles. The predicted molar refractivity (Wildman–Crippen MR) is 206 cm³/mol. The number of rotatable bonds is 2. The highest BCUT2D eigenvalue weighted by atomic mass is 16.5. The Morgan fingerprint density at radius 3 is 2.29 bits per heavy atom. The van der Waals surface area contributed by atoms with Gasteiger partial charge in [0.1, 0.15) is 11.5 Å². The average molecular weight is 651 g/mol. The molecule has 0 spiro atoms. The van der Waals surface area contributed by atoms with E-state index in [0.717, 1.165) is 84.3 Å². The zero-order chi connectivity index (χ0) is 33.2. The maximum Gasteiger partial charge on any atom is 0.235 e. The molecule has 0 unspecified atom stereocenters. The van der Waals surface area contributed by atoms with E-state index in [4.69, 9.17) is 19.7 Å². The predicted octanol–water partition coefficient (Wildman–Crippen LogP) is 11.4. The van der Waals surface area contributed by atoms with Crippen molar-refractivity contribution in [2.75, 3.05) is 0 Å². The molecule has 1 aliphatic carbocycles. The van der Waals surface area contributed by atoms with Gasteiger partial charge in [0.05, 0.1) is 27.9 Å². The highest BCUT2D eigenvalue weighted by Crippen LogP contribution is 2.50. The van der Waals surface area contributed by atoms with E-state index in [1.54, 1.807) is 0 Å². The Balaban J connectivity index is 1.20. The fraction of sp³-hybridized carbons (Fsp3) is 0.0217. The quantitative estimate of drug-likeness (QED) is 0.175. The van der Waals surface area contributed by atoms with Crippen molar-refractivity contribution in [3.8, 4) is 51.0 Å². The van der Waals surface area contributed by atoms with E-state index in [9.17, 15) is 0 Å². The summed E-state index contributed by atoms with van der Waals surface area (Å²) in [5.74, 6) is 2.36. The highest BCUT2D eigenvalue weighted by Gasteiger charge is 2.29. The lowest BCUT2D eigenvalue weighted by Crippen LogP contribution is -2.06. The van der Waals surface area contributed by atoms with Crippen molar-refractivity contribution in [2.24, 2.45) is 0 Å². The molecule has 51 heavy (non-hydrogen) atoms. The third-order valence-electron chi connectivity index (χ3n) is 10.8. The van der Waals surface area contributed by atoms with Crippen LogP contribution in [0.3, 0.4) is 0 Å². The van der Waals surface area contributed by atoms with Gasteiger partial charge >= 0.3 is 0 Å². The van der Waals surface area contributed by atoms with Gasteiger partial charge in [-0.15, -0.1) is 0 Å². The molecule has 0 amide bonds. The molecule has 12 rings (SSSR count). The normalized spacial score (nSPS) is 12.8. The lowest BCUT2D eigenvalue weighted by atomic mass is 9.92.